The van der Waals surface area contributed by atoms with E-state index in [1.807, 2.05) is 13.8 Å². The average molecular weight is 602 g/mol. The van der Waals surface area contributed by atoms with E-state index in [2.05, 4.69) is 63.6 Å². The van der Waals surface area contributed by atoms with E-state index in [4.69, 9.17) is 16.3 Å². The molecule has 41 heavy (non-hydrogen) atoms. The van der Waals surface area contributed by atoms with Crippen molar-refractivity contribution in [3.63, 3.8) is 0 Å². The number of likely N-dealkylation sites (tertiary alicyclic amines) is 1. The van der Waals surface area contributed by atoms with Crippen molar-refractivity contribution in [2.75, 3.05) is 30.0 Å². The van der Waals surface area contributed by atoms with E-state index in [1.54, 1.807) is 13.2 Å². The lowest BCUT2D eigenvalue weighted by atomic mass is 9.83. The van der Waals surface area contributed by atoms with Gasteiger partial charge in [0.1, 0.15) is 10.8 Å². The number of piperidine rings is 1. The Labute approximate surface area is 247 Å². The zero-order valence-electron chi connectivity index (χ0n) is 24.6. The summed E-state index contributed by atoms with van der Waals surface area (Å²) in [4.78, 5) is 11.4. The molecule has 3 aromatic rings. The molecule has 2 atom stereocenters. The summed E-state index contributed by atoms with van der Waals surface area (Å²) in [7, 11) is 0.253. The van der Waals surface area contributed by atoms with E-state index in [0.29, 0.717) is 23.6 Å². The van der Waals surface area contributed by atoms with Crippen LogP contribution in [-0.2, 0) is 16.9 Å². The van der Waals surface area contributed by atoms with Crippen molar-refractivity contribution in [3.8, 4) is 5.75 Å². The van der Waals surface area contributed by atoms with Crippen LogP contribution in [0.15, 0.2) is 29.6 Å². The largest absolute Gasteiger partial charge is 0.488 e. The van der Waals surface area contributed by atoms with Crippen molar-refractivity contribution in [1.29, 1.82) is 0 Å². The van der Waals surface area contributed by atoms with Gasteiger partial charge in [-0.1, -0.05) is 25.4 Å². The first-order chi connectivity index (χ1) is 19.4. The molecule has 1 saturated carbocycles. The fourth-order valence-corrected chi connectivity index (χ4v) is 7.21. The van der Waals surface area contributed by atoms with Crippen molar-refractivity contribution in [1.82, 2.24) is 24.6 Å². The molecule has 12 heteroatoms. The highest BCUT2D eigenvalue weighted by Crippen LogP contribution is 2.41. The van der Waals surface area contributed by atoms with Gasteiger partial charge in [0.25, 0.3) is 0 Å². The summed E-state index contributed by atoms with van der Waals surface area (Å²) in [5.74, 6) is 1.81. The third kappa shape index (κ3) is 6.95. The number of nitrogens with zero attached hydrogens (tertiary/aromatic N) is 5. The number of benzene rings is 1. The molecular weight excluding hydrogens is 562 g/mol. The summed E-state index contributed by atoms with van der Waals surface area (Å²) >= 11 is 6.45. The first-order valence-electron chi connectivity index (χ1n) is 14.2. The van der Waals surface area contributed by atoms with Gasteiger partial charge in [0, 0.05) is 19.3 Å². The monoisotopic (exact) mass is 601 g/mol. The van der Waals surface area contributed by atoms with Crippen LogP contribution < -0.4 is 15.4 Å². The molecule has 1 aliphatic carbocycles. The summed E-state index contributed by atoms with van der Waals surface area (Å²) in [5.41, 5.74) is 3.62. The zero-order chi connectivity index (χ0) is 29.5. The van der Waals surface area contributed by atoms with Crippen LogP contribution in [0.25, 0.3) is 0 Å². The number of aromatic nitrogens is 4. The maximum Gasteiger partial charge on any atom is 0.229 e. The molecular formula is C29H40ClN7O3S. The molecule has 0 radical (unpaired) electrons. The van der Waals surface area contributed by atoms with Crippen molar-refractivity contribution in [2.45, 2.75) is 76.5 Å². The Morgan fingerprint density at radius 1 is 1.15 bits per heavy atom. The SMILES string of the molecule is Cc1cc(Nc2ncc(Cl)c(Nc3cn(C)nc3S(=O)(=O)CC(C)C)n2)c(OC2CC2)cc1C1CCN(C)C(C)C1. The Kier molecular flexibility index (Phi) is 8.50. The molecule has 2 N–H and O–H groups in total. The minimum atomic E-state index is -3.61. The number of aryl methyl sites for hydroxylation is 2. The van der Waals surface area contributed by atoms with Crippen molar-refractivity contribution < 1.29 is 13.2 Å². The van der Waals surface area contributed by atoms with Gasteiger partial charge in [-0.2, -0.15) is 10.1 Å². The summed E-state index contributed by atoms with van der Waals surface area (Å²) in [6.45, 7) is 9.22. The minimum Gasteiger partial charge on any atom is -0.488 e. The van der Waals surface area contributed by atoms with E-state index in [-0.39, 0.29) is 33.6 Å². The fourth-order valence-electron chi connectivity index (χ4n) is 5.34. The topological polar surface area (TPSA) is 114 Å². The fraction of sp³-hybridized carbons (Fsp3) is 0.552. The van der Waals surface area contributed by atoms with Crippen LogP contribution >= 0.6 is 11.6 Å². The van der Waals surface area contributed by atoms with Gasteiger partial charge >= 0.3 is 0 Å². The second-order valence-corrected chi connectivity index (χ2v) is 14.3. The predicted molar refractivity (Wildman–Crippen MR) is 163 cm³/mol. The number of hydrogen-bond donors (Lipinski definition) is 2. The van der Waals surface area contributed by atoms with Crippen LogP contribution in [0.4, 0.5) is 23.1 Å². The van der Waals surface area contributed by atoms with Crippen LogP contribution in [0.1, 0.15) is 63.5 Å². The van der Waals surface area contributed by atoms with Gasteiger partial charge in [-0.15, -0.1) is 0 Å². The van der Waals surface area contributed by atoms with Gasteiger partial charge in [0.15, 0.2) is 15.7 Å². The van der Waals surface area contributed by atoms with Gasteiger partial charge in [-0.25, -0.2) is 13.4 Å². The third-order valence-corrected chi connectivity index (χ3v) is 9.99. The highest BCUT2D eigenvalue weighted by Gasteiger charge is 2.29. The smallest absolute Gasteiger partial charge is 0.229 e. The second-order valence-electron chi connectivity index (χ2n) is 11.9. The standard InChI is InChI=1S/C29H40ClN7O3S/c1-17(2)16-41(38,39)28-25(15-37(6)35-28)32-27-23(30)14-31-29(34-27)33-24-11-18(3)22(13-26(24)40-21-7-8-21)20-9-10-36(5)19(4)12-20/h11,13-15,17,19-21H,7-10,12,16H2,1-6H3,(H2,31,32,33,34). The van der Waals surface area contributed by atoms with E-state index in [1.165, 1.54) is 22.0 Å². The van der Waals surface area contributed by atoms with E-state index in [9.17, 15) is 8.42 Å². The number of rotatable bonds is 10. The number of nitrogens with one attached hydrogen (secondary N) is 2. The van der Waals surface area contributed by atoms with E-state index in [0.717, 1.165) is 43.7 Å². The number of ether oxygens (including phenoxy) is 1. The maximum absolute atomic E-state index is 13.0. The summed E-state index contributed by atoms with van der Waals surface area (Å²) in [5, 5.41) is 10.8. The highest BCUT2D eigenvalue weighted by molar-refractivity contribution is 7.91. The molecule has 5 rings (SSSR count). The van der Waals surface area contributed by atoms with Crippen molar-refractivity contribution in [3.05, 3.63) is 40.7 Å². The molecule has 0 amide bonds. The highest BCUT2D eigenvalue weighted by atomic mass is 35.5. The molecule has 2 aliphatic rings. The molecule has 222 valence electrons. The lowest BCUT2D eigenvalue weighted by Gasteiger charge is -2.36. The second kappa shape index (κ2) is 11.8. The normalized spacial score (nSPS) is 19.9. The molecule has 2 fully saturated rings. The average Bonchev–Trinajstić information content (AvgIpc) is 3.63. The van der Waals surface area contributed by atoms with Crippen LogP contribution in [-0.4, -0.2) is 64.6 Å². The Morgan fingerprint density at radius 2 is 1.90 bits per heavy atom. The number of halogens is 1. The summed E-state index contributed by atoms with van der Waals surface area (Å²) in [6.07, 6.45) is 7.65. The Balaban J connectivity index is 1.42. The molecule has 3 heterocycles. The molecule has 0 spiro atoms. The van der Waals surface area contributed by atoms with Crippen LogP contribution in [0.2, 0.25) is 5.02 Å². The van der Waals surface area contributed by atoms with Gasteiger partial charge in [0.2, 0.25) is 11.0 Å². The van der Waals surface area contributed by atoms with Gasteiger partial charge in [-0.3, -0.25) is 4.68 Å². The minimum absolute atomic E-state index is 0.0153. The van der Waals surface area contributed by atoms with E-state index >= 15 is 0 Å². The molecule has 2 unspecified atom stereocenters. The Hall–Kier alpha value is -2.89. The first-order valence-corrected chi connectivity index (χ1v) is 16.3. The Morgan fingerprint density at radius 3 is 2.59 bits per heavy atom. The predicted octanol–water partition coefficient (Wildman–Crippen LogP) is 5.83. The number of hydrogen-bond acceptors (Lipinski definition) is 9. The number of sulfone groups is 1. The molecule has 1 saturated heterocycles. The van der Waals surface area contributed by atoms with Crippen LogP contribution in [0.3, 0.4) is 0 Å². The Bertz CT molecular complexity index is 1520. The van der Waals surface area contributed by atoms with Crippen molar-refractivity contribution >= 4 is 44.6 Å². The molecule has 1 aliphatic heterocycles. The molecule has 10 nitrogen and oxygen atoms in total. The molecule has 1 aromatic carbocycles. The maximum atomic E-state index is 13.0. The van der Waals surface area contributed by atoms with Crippen LogP contribution in [0.5, 0.6) is 5.75 Å². The first kappa shape index (κ1) is 29.6. The lowest BCUT2D eigenvalue weighted by Crippen LogP contribution is -2.37. The van der Waals surface area contributed by atoms with Gasteiger partial charge in [0.05, 0.1) is 29.4 Å². The van der Waals surface area contributed by atoms with Gasteiger partial charge in [-0.05, 0) is 88.2 Å². The van der Waals surface area contributed by atoms with Gasteiger partial charge < -0.3 is 20.3 Å². The zero-order valence-corrected chi connectivity index (χ0v) is 26.2. The molecule has 0 bridgehead atoms. The number of anilines is 4. The molecule has 2 aromatic heterocycles. The summed E-state index contributed by atoms with van der Waals surface area (Å²) in [6, 6.07) is 4.83. The summed E-state index contributed by atoms with van der Waals surface area (Å²) < 4.78 is 33.8. The van der Waals surface area contributed by atoms with Crippen molar-refractivity contribution in [2.24, 2.45) is 13.0 Å². The van der Waals surface area contributed by atoms with E-state index < -0.39 is 9.84 Å². The van der Waals surface area contributed by atoms with Crippen LogP contribution in [0, 0.1) is 12.8 Å². The lowest BCUT2D eigenvalue weighted by molar-refractivity contribution is 0.182. The third-order valence-electron chi connectivity index (χ3n) is 7.72. The quantitative estimate of drug-likeness (QED) is 0.296.